The molecule has 7 nitrogen and oxygen atoms in total. The van der Waals surface area contributed by atoms with E-state index in [1.165, 1.54) is 0 Å². The second-order valence-electron chi connectivity index (χ2n) is 9.02. The summed E-state index contributed by atoms with van der Waals surface area (Å²) in [5.41, 5.74) is 2.21. The molecule has 0 aliphatic carbocycles. The lowest BCUT2D eigenvalue weighted by molar-refractivity contribution is -0.159. The smallest absolute Gasteiger partial charge is 0.312 e. The summed E-state index contributed by atoms with van der Waals surface area (Å²) in [6.45, 7) is 6.67. The Morgan fingerprint density at radius 1 is 1.16 bits per heavy atom. The van der Waals surface area contributed by atoms with E-state index in [0.717, 1.165) is 16.5 Å². The number of benzene rings is 2. The Labute approximate surface area is 181 Å². The highest BCUT2D eigenvalue weighted by atomic mass is 16.6. The van der Waals surface area contributed by atoms with Gasteiger partial charge in [0.15, 0.2) is 6.23 Å². The molecule has 0 spiro atoms. The van der Waals surface area contributed by atoms with Crippen molar-refractivity contribution < 1.29 is 14.3 Å². The maximum absolute atomic E-state index is 12.6. The van der Waals surface area contributed by atoms with Crippen LogP contribution in [0.4, 0.5) is 0 Å². The van der Waals surface area contributed by atoms with E-state index in [2.05, 4.69) is 15.7 Å². The molecule has 1 aliphatic rings. The average Bonchev–Trinajstić information content (AvgIpc) is 3.35. The van der Waals surface area contributed by atoms with Gasteiger partial charge in [0.25, 0.3) is 5.91 Å². The number of aromatic nitrogens is 2. The Balaban J connectivity index is 1.32. The molecule has 2 N–H and O–H groups in total. The number of ether oxygens (including phenoxy) is 1. The molecular weight excluding hydrogens is 392 g/mol. The molecule has 162 valence electrons. The number of carbonyl (C=O) groups excluding carboxylic acids is 2. The largest absolute Gasteiger partial charge is 0.446 e. The van der Waals surface area contributed by atoms with E-state index < -0.39 is 5.41 Å². The van der Waals surface area contributed by atoms with Crippen LogP contribution in [0.25, 0.3) is 10.9 Å². The Bertz CT molecular complexity index is 1080. The standard InChI is InChI=1S/C24H28N4O3/c1-24(2,3)23(30)31-21-12-19(14-25-21)27-22(29)17-10-8-16(9-11-17)15-28-20-7-5-4-6-18(20)13-26-28/h4-11,13,19,21,25H,12,14-15H2,1-3H3,(H,27,29). The second kappa shape index (κ2) is 8.51. The molecule has 0 saturated carbocycles. The highest BCUT2D eigenvalue weighted by Gasteiger charge is 2.32. The molecule has 4 rings (SSSR count). The third-order valence-corrected chi connectivity index (χ3v) is 5.39. The molecule has 1 amide bonds. The number of para-hydroxylation sites is 1. The number of rotatable bonds is 5. The SMILES string of the molecule is CC(C)(C)C(=O)OC1CC(NC(=O)c2ccc(Cn3ncc4ccccc43)cc2)CN1. The summed E-state index contributed by atoms with van der Waals surface area (Å²) >= 11 is 0. The number of nitrogens with one attached hydrogen (secondary N) is 2. The van der Waals surface area contributed by atoms with Crippen LogP contribution in [0.5, 0.6) is 0 Å². The van der Waals surface area contributed by atoms with Crippen molar-refractivity contribution in [2.45, 2.75) is 46.0 Å². The molecule has 1 fully saturated rings. The van der Waals surface area contributed by atoms with Crippen LogP contribution < -0.4 is 10.6 Å². The molecule has 2 aromatic carbocycles. The van der Waals surface area contributed by atoms with Crippen molar-refractivity contribution in [2.75, 3.05) is 6.54 Å². The van der Waals surface area contributed by atoms with Crippen LogP contribution >= 0.6 is 0 Å². The van der Waals surface area contributed by atoms with Crippen LogP contribution in [0.3, 0.4) is 0 Å². The molecule has 1 aliphatic heterocycles. The Kier molecular flexibility index (Phi) is 5.78. The van der Waals surface area contributed by atoms with Gasteiger partial charge in [-0.3, -0.25) is 19.6 Å². The zero-order valence-electron chi connectivity index (χ0n) is 18.1. The third-order valence-electron chi connectivity index (χ3n) is 5.39. The van der Waals surface area contributed by atoms with E-state index in [4.69, 9.17) is 4.74 Å². The number of nitrogens with zero attached hydrogens (tertiary/aromatic N) is 2. The molecule has 3 aromatic rings. The first kappa shape index (κ1) is 21.1. The topological polar surface area (TPSA) is 85.2 Å². The van der Waals surface area contributed by atoms with Gasteiger partial charge in [-0.2, -0.15) is 5.10 Å². The summed E-state index contributed by atoms with van der Waals surface area (Å²) in [6, 6.07) is 15.6. The van der Waals surface area contributed by atoms with Crippen LogP contribution in [0.2, 0.25) is 0 Å². The van der Waals surface area contributed by atoms with Gasteiger partial charge in [-0.05, 0) is 44.5 Å². The van der Waals surface area contributed by atoms with Gasteiger partial charge in [-0.25, -0.2) is 0 Å². The minimum absolute atomic E-state index is 0.0830. The maximum atomic E-state index is 12.6. The highest BCUT2D eigenvalue weighted by Crippen LogP contribution is 2.19. The molecule has 7 heteroatoms. The van der Waals surface area contributed by atoms with E-state index >= 15 is 0 Å². The summed E-state index contributed by atoms with van der Waals surface area (Å²) in [6.07, 6.45) is 2.04. The summed E-state index contributed by atoms with van der Waals surface area (Å²) in [4.78, 5) is 24.7. The van der Waals surface area contributed by atoms with Gasteiger partial charge in [0.05, 0.1) is 23.7 Å². The molecule has 2 unspecified atom stereocenters. The van der Waals surface area contributed by atoms with E-state index in [1.807, 2.05) is 80.2 Å². The monoisotopic (exact) mass is 420 g/mol. The van der Waals surface area contributed by atoms with Crippen LogP contribution in [0.15, 0.2) is 54.7 Å². The maximum Gasteiger partial charge on any atom is 0.312 e. The first-order valence-corrected chi connectivity index (χ1v) is 10.5. The van der Waals surface area contributed by atoms with Gasteiger partial charge >= 0.3 is 5.97 Å². The van der Waals surface area contributed by atoms with E-state index in [1.54, 1.807) is 0 Å². The van der Waals surface area contributed by atoms with Crippen molar-refractivity contribution in [1.82, 2.24) is 20.4 Å². The number of hydrogen-bond donors (Lipinski definition) is 2. The van der Waals surface area contributed by atoms with E-state index in [0.29, 0.717) is 25.1 Å². The number of hydrogen-bond acceptors (Lipinski definition) is 5. The number of fused-ring (bicyclic) bond motifs is 1. The number of carbonyl (C=O) groups is 2. The molecule has 31 heavy (non-hydrogen) atoms. The minimum atomic E-state index is -0.548. The van der Waals surface area contributed by atoms with Crippen molar-refractivity contribution >= 4 is 22.8 Å². The number of esters is 1. The van der Waals surface area contributed by atoms with E-state index in [-0.39, 0.29) is 24.1 Å². The molecule has 2 atom stereocenters. The van der Waals surface area contributed by atoms with Crippen molar-refractivity contribution in [3.63, 3.8) is 0 Å². The van der Waals surface area contributed by atoms with Crippen molar-refractivity contribution in [2.24, 2.45) is 5.41 Å². The van der Waals surface area contributed by atoms with Crippen LogP contribution in [-0.2, 0) is 16.1 Å². The summed E-state index contributed by atoms with van der Waals surface area (Å²) < 4.78 is 7.43. The Morgan fingerprint density at radius 3 is 2.65 bits per heavy atom. The van der Waals surface area contributed by atoms with Gasteiger partial charge in [0, 0.05) is 30.0 Å². The zero-order chi connectivity index (χ0) is 22.0. The lowest BCUT2D eigenvalue weighted by Gasteiger charge is -2.20. The molecule has 0 radical (unpaired) electrons. The fourth-order valence-electron chi connectivity index (χ4n) is 3.56. The average molecular weight is 421 g/mol. The third kappa shape index (κ3) is 4.94. The van der Waals surface area contributed by atoms with Gasteiger partial charge in [0.1, 0.15) is 0 Å². The quantitative estimate of drug-likeness (QED) is 0.620. The normalized spacial score (nSPS) is 18.8. The van der Waals surface area contributed by atoms with Crippen molar-refractivity contribution in [3.05, 3.63) is 65.9 Å². The lowest BCUT2D eigenvalue weighted by Crippen LogP contribution is -2.36. The van der Waals surface area contributed by atoms with Gasteiger partial charge in [0.2, 0.25) is 0 Å². The van der Waals surface area contributed by atoms with Crippen LogP contribution in [0.1, 0.15) is 43.1 Å². The summed E-state index contributed by atoms with van der Waals surface area (Å²) in [5, 5.41) is 11.7. The minimum Gasteiger partial charge on any atom is -0.446 e. The fraction of sp³-hybridized carbons (Fsp3) is 0.375. The van der Waals surface area contributed by atoms with Gasteiger partial charge in [-0.15, -0.1) is 0 Å². The predicted octanol–water partition coefficient (Wildman–Crippen LogP) is 3.09. The predicted molar refractivity (Wildman–Crippen MR) is 118 cm³/mol. The Hall–Kier alpha value is -3.19. The molecular formula is C24H28N4O3. The summed E-state index contributed by atoms with van der Waals surface area (Å²) in [7, 11) is 0. The molecule has 0 bridgehead atoms. The highest BCUT2D eigenvalue weighted by molar-refractivity contribution is 5.94. The van der Waals surface area contributed by atoms with Crippen molar-refractivity contribution in [3.8, 4) is 0 Å². The van der Waals surface area contributed by atoms with Crippen LogP contribution in [-0.4, -0.2) is 40.5 Å². The van der Waals surface area contributed by atoms with Gasteiger partial charge < -0.3 is 10.1 Å². The first-order valence-electron chi connectivity index (χ1n) is 10.5. The number of amides is 1. The van der Waals surface area contributed by atoms with Crippen molar-refractivity contribution in [1.29, 1.82) is 0 Å². The fourth-order valence-corrected chi connectivity index (χ4v) is 3.56. The molecule has 1 aromatic heterocycles. The van der Waals surface area contributed by atoms with Crippen LogP contribution in [0, 0.1) is 5.41 Å². The first-order chi connectivity index (χ1) is 14.8. The second-order valence-corrected chi connectivity index (χ2v) is 9.02. The lowest BCUT2D eigenvalue weighted by atomic mass is 9.97. The molecule has 1 saturated heterocycles. The Morgan fingerprint density at radius 2 is 1.90 bits per heavy atom. The summed E-state index contributed by atoms with van der Waals surface area (Å²) in [5.74, 6) is -0.386. The van der Waals surface area contributed by atoms with Gasteiger partial charge in [-0.1, -0.05) is 30.3 Å². The zero-order valence-corrected chi connectivity index (χ0v) is 18.1. The van der Waals surface area contributed by atoms with E-state index in [9.17, 15) is 9.59 Å². The molecule has 2 heterocycles.